The number of nitrogens with zero attached hydrogens (tertiary/aromatic N) is 1. The molecule has 0 unspecified atom stereocenters. The predicted molar refractivity (Wildman–Crippen MR) is 95.8 cm³/mol. The summed E-state index contributed by atoms with van der Waals surface area (Å²) in [7, 11) is 3.75. The van der Waals surface area contributed by atoms with Gasteiger partial charge in [-0.1, -0.05) is 23.7 Å². The van der Waals surface area contributed by atoms with Crippen molar-refractivity contribution < 1.29 is 9.53 Å². The maximum atomic E-state index is 12.1. The highest BCUT2D eigenvalue weighted by Gasteiger charge is 2.12. The summed E-state index contributed by atoms with van der Waals surface area (Å²) in [6.07, 6.45) is 0. The second kappa shape index (κ2) is 7.38. The number of nitrogens with one attached hydrogen (secondary N) is 1. The van der Waals surface area contributed by atoms with Crippen LogP contribution in [0.5, 0.6) is 5.75 Å². The number of anilines is 2. The van der Waals surface area contributed by atoms with Gasteiger partial charge in [-0.2, -0.15) is 0 Å². The number of carbonyl (C=O) groups excluding carboxylic acids is 1. The minimum absolute atomic E-state index is 0.0537. The average Bonchev–Trinajstić information content (AvgIpc) is 2.48. The number of hydrogen-bond donors (Lipinski definition) is 1. The Kier molecular flexibility index (Phi) is 5.50. The first-order chi connectivity index (χ1) is 10.9. The molecule has 0 atom stereocenters. The summed E-state index contributed by atoms with van der Waals surface area (Å²) in [5.41, 5.74) is 3.76. The van der Waals surface area contributed by atoms with Crippen molar-refractivity contribution in [1.82, 2.24) is 0 Å². The molecule has 5 heteroatoms. The highest BCUT2D eigenvalue weighted by atomic mass is 35.5. The summed E-state index contributed by atoms with van der Waals surface area (Å²) >= 11 is 6.19. The second-order valence-corrected chi connectivity index (χ2v) is 6.02. The van der Waals surface area contributed by atoms with Crippen molar-refractivity contribution in [3.8, 4) is 5.75 Å². The van der Waals surface area contributed by atoms with Gasteiger partial charge in [0.15, 0.2) is 6.61 Å². The summed E-state index contributed by atoms with van der Waals surface area (Å²) in [6.45, 7) is 3.99. The molecule has 0 saturated carbocycles. The largest absolute Gasteiger partial charge is 0.484 e. The molecule has 0 aliphatic rings. The summed E-state index contributed by atoms with van der Waals surface area (Å²) in [5.74, 6) is 0.454. The number of rotatable bonds is 5. The average molecular weight is 333 g/mol. The highest BCUT2D eigenvalue weighted by Crippen LogP contribution is 2.32. The zero-order valence-electron chi connectivity index (χ0n) is 13.8. The van der Waals surface area contributed by atoms with Crippen LogP contribution in [0, 0.1) is 13.8 Å². The van der Waals surface area contributed by atoms with Gasteiger partial charge in [0.1, 0.15) is 5.75 Å². The van der Waals surface area contributed by atoms with Gasteiger partial charge in [-0.05, 0) is 49.2 Å². The standard InChI is InChI=1S/C18H21ClN2O2/c1-12-8-9-14(10-13(12)2)23-11-17(22)20-16-7-5-6-15(19)18(16)21(3)4/h5-10H,11H2,1-4H3,(H,20,22). The van der Waals surface area contributed by atoms with Gasteiger partial charge in [-0.3, -0.25) is 4.79 Å². The van der Waals surface area contributed by atoms with Crippen LogP contribution in [0.15, 0.2) is 36.4 Å². The molecule has 0 heterocycles. The van der Waals surface area contributed by atoms with Crippen molar-refractivity contribution >= 4 is 28.9 Å². The van der Waals surface area contributed by atoms with Crippen molar-refractivity contribution in [1.29, 1.82) is 0 Å². The first kappa shape index (κ1) is 17.2. The number of hydrogen-bond acceptors (Lipinski definition) is 3. The molecular weight excluding hydrogens is 312 g/mol. The molecule has 0 saturated heterocycles. The van der Waals surface area contributed by atoms with E-state index >= 15 is 0 Å². The summed E-state index contributed by atoms with van der Waals surface area (Å²) < 4.78 is 5.55. The highest BCUT2D eigenvalue weighted by molar-refractivity contribution is 6.34. The van der Waals surface area contributed by atoms with Gasteiger partial charge in [0.05, 0.1) is 16.4 Å². The fourth-order valence-electron chi connectivity index (χ4n) is 2.21. The molecule has 4 nitrogen and oxygen atoms in total. The third-order valence-corrected chi connectivity index (χ3v) is 3.86. The van der Waals surface area contributed by atoms with Crippen LogP contribution in [0.4, 0.5) is 11.4 Å². The molecule has 0 spiro atoms. The lowest BCUT2D eigenvalue weighted by molar-refractivity contribution is -0.118. The van der Waals surface area contributed by atoms with Crippen LogP contribution in [-0.4, -0.2) is 26.6 Å². The summed E-state index contributed by atoms with van der Waals surface area (Å²) in [6, 6.07) is 11.2. The molecule has 0 fully saturated rings. The minimum atomic E-state index is -0.228. The van der Waals surface area contributed by atoms with Crippen molar-refractivity contribution in [3.63, 3.8) is 0 Å². The molecular formula is C18H21ClN2O2. The molecule has 1 amide bonds. The maximum absolute atomic E-state index is 12.1. The van der Waals surface area contributed by atoms with Gasteiger partial charge < -0.3 is 15.0 Å². The van der Waals surface area contributed by atoms with Crippen molar-refractivity contribution in [2.24, 2.45) is 0 Å². The molecule has 2 rings (SSSR count). The van der Waals surface area contributed by atoms with E-state index in [1.165, 1.54) is 5.56 Å². The van der Waals surface area contributed by atoms with Crippen LogP contribution in [-0.2, 0) is 4.79 Å². The minimum Gasteiger partial charge on any atom is -0.484 e. The molecule has 0 radical (unpaired) electrons. The number of benzene rings is 2. The zero-order valence-corrected chi connectivity index (χ0v) is 14.6. The zero-order chi connectivity index (χ0) is 17.0. The number of amides is 1. The molecule has 0 bridgehead atoms. The maximum Gasteiger partial charge on any atom is 0.262 e. The van der Waals surface area contributed by atoms with Crippen molar-refractivity contribution in [3.05, 3.63) is 52.5 Å². The number of carbonyl (C=O) groups is 1. The lowest BCUT2D eigenvalue weighted by Crippen LogP contribution is -2.22. The first-order valence-electron chi connectivity index (χ1n) is 7.34. The third kappa shape index (κ3) is 4.39. The predicted octanol–water partition coefficient (Wildman–Crippen LogP) is 4.04. The van der Waals surface area contributed by atoms with Crippen molar-refractivity contribution in [2.45, 2.75) is 13.8 Å². The Balaban J connectivity index is 2.03. The molecule has 0 aromatic heterocycles. The molecule has 0 aliphatic heterocycles. The van der Waals surface area contributed by atoms with E-state index in [-0.39, 0.29) is 12.5 Å². The van der Waals surface area contributed by atoms with Crippen LogP contribution >= 0.6 is 11.6 Å². The van der Waals surface area contributed by atoms with Gasteiger partial charge >= 0.3 is 0 Å². The Labute approximate surface area is 142 Å². The SMILES string of the molecule is Cc1ccc(OCC(=O)Nc2cccc(Cl)c2N(C)C)cc1C. The molecule has 1 N–H and O–H groups in total. The molecule has 23 heavy (non-hydrogen) atoms. The van der Waals surface area contributed by atoms with Gasteiger partial charge in [-0.15, -0.1) is 0 Å². The summed E-state index contributed by atoms with van der Waals surface area (Å²) in [4.78, 5) is 14.0. The number of halogens is 1. The van der Waals surface area contributed by atoms with Crippen LogP contribution in [0.25, 0.3) is 0 Å². The van der Waals surface area contributed by atoms with Crippen LogP contribution < -0.4 is 15.0 Å². The lowest BCUT2D eigenvalue weighted by atomic mass is 10.1. The monoisotopic (exact) mass is 332 g/mol. The van der Waals surface area contributed by atoms with E-state index in [1.54, 1.807) is 12.1 Å². The quantitative estimate of drug-likeness (QED) is 0.898. The van der Waals surface area contributed by atoms with Crippen LogP contribution in [0.3, 0.4) is 0 Å². The number of para-hydroxylation sites is 1. The van der Waals surface area contributed by atoms with Crippen LogP contribution in [0.2, 0.25) is 5.02 Å². The van der Waals surface area contributed by atoms with E-state index in [4.69, 9.17) is 16.3 Å². The summed E-state index contributed by atoms with van der Waals surface area (Å²) in [5, 5.41) is 3.42. The van der Waals surface area contributed by atoms with Gasteiger partial charge in [0.2, 0.25) is 0 Å². The molecule has 2 aromatic rings. The fraction of sp³-hybridized carbons (Fsp3) is 0.278. The Hall–Kier alpha value is -2.20. The molecule has 0 aliphatic carbocycles. The smallest absolute Gasteiger partial charge is 0.262 e. The van der Waals surface area contributed by atoms with E-state index < -0.39 is 0 Å². The first-order valence-corrected chi connectivity index (χ1v) is 7.72. The Morgan fingerprint density at radius 1 is 1.17 bits per heavy atom. The topological polar surface area (TPSA) is 41.6 Å². The van der Waals surface area contributed by atoms with Gasteiger partial charge in [0, 0.05) is 14.1 Å². The van der Waals surface area contributed by atoms with E-state index in [9.17, 15) is 4.79 Å². The van der Waals surface area contributed by atoms with E-state index in [2.05, 4.69) is 5.32 Å². The Bertz CT molecular complexity index is 714. The fourth-order valence-corrected chi connectivity index (χ4v) is 2.55. The third-order valence-electron chi connectivity index (χ3n) is 3.56. The lowest BCUT2D eigenvalue weighted by Gasteiger charge is -2.19. The van der Waals surface area contributed by atoms with Gasteiger partial charge in [-0.25, -0.2) is 0 Å². The normalized spacial score (nSPS) is 10.3. The number of ether oxygens (including phenoxy) is 1. The Morgan fingerprint density at radius 2 is 1.91 bits per heavy atom. The van der Waals surface area contributed by atoms with Gasteiger partial charge in [0.25, 0.3) is 5.91 Å². The molecule has 2 aromatic carbocycles. The van der Waals surface area contributed by atoms with Crippen molar-refractivity contribution in [2.75, 3.05) is 30.9 Å². The van der Waals surface area contributed by atoms with E-state index in [1.807, 2.05) is 57.1 Å². The van der Waals surface area contributed by atoms with Crippen LogP contribution in [0.1, 0.15) is 11.1 Å². The number of aryl methyl sites for hydroxylation is 2. The Morgan fingerprint density at radius 3 is 2.57 bits per heavy atom. The second-order valence-electron chi connectivity index (χ2n) is 5.61. The van der Waals surface area contributed by atoms with E-state index in [0.29, 0.717) is 16.5 Å². The van der Waals surface area contributed by atoms with E-state index in [0.717, 1.165) is 11.3 Å². The molecule has 122 valence electrons.